The number of aryl methyl sites for hydroxylation is 1. The molecular formula is C12H16O4. The number of ether oxygens (including phenoxy) is 2. The molecule has 0 saturated carbocycles. The van der Waals surface area contributed by atoms with Crippen LogP contribution in [0.15, 0.2) is 18.2 Å². The zero-order chi connectivity index (χ0) is 12.0. The molecule has 4 heteroatoms. The van der Waals surface area contributed by atoms with Crippen LogP contribution in [-0.2, 0) is 11.2 Å². The van der Waals surface area contributed by atoms with Gasteiger partial charge in [-0.05, 0) is 30.5 Å². The first-order valence-electron chi connectivity index (χ1n) is 5.09. The Kier molecular flexibility index (Phi) is 4.64. The Labute approximate surface area is 94.8 Å². The van der Waals surface area contributed by atoms with Crippen LogP contribution in [0.3, 0.4) is 0 Å². The second kappa shape index (κ2) is 6.00. The molecule has 0 aliphatic heterocycles. The Balaban J connectivity index is 2.67. The molecule has 0 aromatic heterocycles. The molecule has 1 aromatic carbocycles. The van der Waals surface area contributed by atoms with Crippen LogP contribution < -0.4 is 9.47 Å². The SMILES string of the molecule is COc1cc(CCCC(=O)O)cc(OC)c1. The third kappa shape index (κ3) is 3.81. The van der Waals surface area contributed by atoms with E-state index in [1.54, 1.807) is 20.3 Å². The van der Waals surface area contributed by atoms with Crippen molar-refractivity contribution < 1.29 is 19.4 Å². The first-order chi connectivity index (χ1) is 7.65. The first kappa shape index (κ1) is 12.4. The Hall–Kier alpha value is -1.71. The monoisotopic (exact) mass is 224 g/mol. The van der Waals surface area contributed by atoms with Crippen LogP contribution in [0.1, 0.15) is 18.4 Å². The number of hydrogen-bond donors (Lipinski definition) is 1. The van der Waals surface area contributed by atoms with Crippen molar-refractivity contribution in [1.29, 1.82) is 0 Å². The number of methoxy groups -OCH3 is 2. The molecule has 0 atom stereocenters. The summed E-state index contributed by atoms with van der Waals surface area (Å²) in [5.41, 5.74) is 1.03. The molecule has 0 heterocycles. The quantitative estimate of drug-likeness (QED) is 0.804. The highest BCUT2D eigenvalue weighted by molar-refractivity contribution is 5.66. The third-order valence-electron chi connectivity index (χ3n) is 2.27. The lowest BCUT2D eigenvalue weighted by Gasteiger charge is -2.07. The minimum absolute atomic E-state index is 0.180. The highest BCUT2D eigenvalue weighted by Crippen LogP contribution is 2.23. The number of benzene rings is 1. The second-order valence-electron chi connectivity index (χ2n) is 3.47. The van der Waals surface area contributed by atoms with Gasteiger partial charge in [0.15, 0.2) is 0 Å². The summed E-state index contributed by atoms with van der Waals surface area (Å²) in [4.78, 5) is 10.4. The van der Waals surface area contributed by atoms with Crippen LogP contribution in [0.25, 0.3) is 0 Å². The van der Waals surface area contributed by atoms with Gasteiger partial charge in [-0.3, -0.25) is 4.79 Å². The Morgan fingerprint density at radius 3 is 2.19 bits per heavy atom. The molecule has 0 bridgehead atoms. The summed E-state index contributed by atoms with van der Waals surface area (Å²) in [5, 5.41) is 8.54. The predicted octanol–water partition coefficient (Wildman–Crippen LogP) is 2.11. The fraction of sp³-hybridized carbons (Fsp3) is 0.417. The smallest absolute Gasteiger partial charge is 0.303 e. The molecule has 0 amide bonds. The lowest BCUT2D eigenvalue weighted by atomic mass is 10.1. The van der Waals surface area contributed by atoms with E-state index in [9.17, 15) is 4.79 Å². The Bertz CT molecular complexity index is 338. The van der Waals surface area contributed by atoms with Gasteiger partial charge in [-0.15, -0.1) is 0 Å². The van der Waals surface area contributed by atoms with Crippen LogP contribution in [0.2, 0.25) is 0 Å². The standard InChI is InChI=1S/C12H16O4/c1-15-10-6-9(4-3-5-12(13)14)7-11(8-10)16-2/h6-8H,3-5H2,1-2H3,(H,13,14). The number of hydrogen-bond acceptors (Lipinski definition) is 3. The number of carboxylic acid groups (broad SMARTS) is 1. The number of carboxylic acids is 1. The van der Waals surface area contributed by atoms with Crippen molar-refractivity contribution in [3.63, 3.8) is 0 Å². The summed E-state index contributed by atoms with van der Waals surface area (Å²) in [6.45, 7) is 0. The van der Waals surface area contributed by atoms with Crippen LogP contribution in [0, 0.1) is 0 Å². The number of aliphatic carboxylic acids is 1. The van der Waals surface area contributed by atoms with Gasteiger partial charge < -0.3 is 14.6 Å². The number of carbonyl (C=O) groups is 1. The van der Waals surface area contributed by atoms with E-state index in [2.05, 4.69) is 0 Å². The Morgan fingerprint density at radius 1 is 1.19 bits per heavy atom. The summed E-state index contributed by atoms with van der Waals surface area (Å²) in [6, 6.07) is 5.58. The third-order valence-corrected chi connectivity index (χ3v) is 2.27. The van der Waals surface area contributed by atoms with E-state index >= 15 is 0 Å². The average Bonchev–Trinajstić information content (AvgIpc) is 2.28. The topological polar surface area (TPSA) is 55.8 Å². The molecular weight excluding hydrogens is 208 g/mol. The van der Waals surface area contributed by atoms with Crippen molar-refractivity contribution in [1.82, 2.24) is 0 Å². The van der Waals surface area contributed by atoms with Crippen LogP contribution in [0.4, 0.5) is 0 Å². The van der Waals surface area contributed by atoms with E-state index in [1.165, 1.54) is 0 Å². The maximum absolute atomic E-state index is 10.4. The van der Waals surface area contributed by atoms with Gasteiger partial charge in [-0.2, -0.15) is 0 Å². The lowest BCUT2D eigenvalue weighted by molar-refractivity contribution is -0.137. The molecule has 0 saturated heterocycles. The first-order valence-corrected chi connectivity index (χ1v) is 5.09. The van der Waals surface area contributed by atoms with Gasteiger partial charge in [0.2, 0.25) is 0 Å². The molecule has 1 N–H and O–H groups in total. The van der Waals surface area contributed by atoms with E-state index < -0.39 is 5.97 Å². The normalized spacial score (nSPS) is 9.88. The maximum Gasteiger partial charge on any atom is 0.303 e. The Morgan fingerprint density at radius 2 is 1.75 bits per heavy atom. The van der Waals surface area contributed by atoms with Crippen molar-refractivity contribution in [2.24, 2.45) is 0 Å². The van der Waals surface area contributed by atoms with Crippen molar-refractivity contribution in [2.75, 3.05) is 14.2 Å². The molecule has 1 aromatic rings. The molecule has 0 unspecified atom stereocenters. The second-order valence-corrected chi connectivity index (χ2v) is 3.47. The van der Waals surface area contributed by atoms with Crippen LogP contribution in [0.5, 0.6) is 11.5 Å². The lowest BCUT2D eigenvalue weighted by Crippen LogP contribution is -1.97. The van der Waals surface area contributed by atoms with Crippen molar-refractivity contribution in [3.05, 3.63) is 23.8 Å². The van der Waals surface area contributed by atoms with Gasteiger partial charge >= 0.3 is 5.97 Å². The predicted molar refractivity (Wildman–Crippen MR) is 60.1 cm³/mol. The van der Waals surface area contributed by atoms with E-state index in [0.717, 1.165) is 17.1 Å². The van der Waals surface area contributed by atoms with E-state index in [4.69, 9.17) is 14.6 Å². The maximum atomic E-state index is 10.4. The minimum atomic E-state index is -0.769. The van der Waals surface area contributed by atoms with Gasteiger partial charge in [0.05, 0.1) is 14.2 Å². The minimum Gasteiger partial charge on any atom is -0.497 e. The van der Waals surface area contributed by atoms with E-state index in [1.807, 2.05) is 12.1 Å². The summed E-state index contributed by atoms with van der Waals surface area (Å²) < 4.78 is 10.3. The molecule has 0 aliphatic carbocycles. The van der Waals surface area contributed by atoms with Crippen molar-refractivity contribution >= 4 is 5.97 Å². The molecule has 0 fully saturated rings. The zero-order valence-corrected chi connectivity index (χ0v) is 9.53. The summed E-state index contributed by atoms with van der Waals surface area (Å²) >= 11 is 0. The molecule has 0 aliphatic rings. The van der Waals surface area contributed by atoms with Gasteiger partial charge in [-0.1, -0.05) is 0 Å². The summed E-state index contributed by atoms with van der Waals surface area (Å²) in [5.74, 6) is 0.684. The fourth-order valence-corrected chi connectivity index (χ4v) is 1.45. The van der Waals surface area contributed by atoms with Crippen molar-refractivity contribution in [3.8, 4) is 11.5 Å². The molecule has 16 heavy (non-hydrogen) atoms. The van der Waals surface area contributed by atoms with E-state index in [0.29, 0.717) is 12.8 Å². The molecule has 1 rings (SSSR count). The molecule has 88 valence electrons. The van der Waals surface area contributed by atoms with Crippen LogP contribution >= 0.6 is 0 Å². The van der Waals surface area contributed by atoms with Crippen molar-refractivity contribution in [2.45, 2.75) is 19.3 Å². The molecule has 0 radical (unpaired) electrons. The average molecular weight is 224 g/mol. The largest absolute Gasteiger partial charge is 0.497 e. The zero-order valence-electron chi connectivity index (χ0n) is 9.53. The van der Waals surface area contributed by atoms with Gasteiger partial charge in [0, 0.05) is 12.5 Å². The molecule has 0 spiro atoms. The van der Waals surface area contributed by atoms with Crippen LogP contribution in [-0.4, -0.2) is 25.3 Å². The van der Waals surface area contributed by atoms with Gasteiger partial charge in [0.1, 0.15) is 11.5 Å². The fourth-order valence-electron chi connectivity index (χ4n) is 1.45. The summed E-state index contributed by atoms with van der Waals surface area (Å²) in [7, 11) is 3.19. The molecule has 4 nitrogen and oxygen atoms in total. The van der Waals surface area contributed by atoms with Gasteiger partial charge in [0.25, 0.3) is 0 Å². The highest BCUT2D eigenvalue weighted by Gasteiger charge is 2.03. The number of rotatable bonds is 6. The highest BCUT2D eigenvalue weighted by atomic mass is 16.5. The summed E-state index contributed by atoms with van der Waals surface area (Å²) in [6.07, 6.45) is 1.51. The van der Waals surface area contributed by atoms with Gasteiger partial charge in [-0.25, -0.2) is 0 Å². The van der Waals surface area contributed by atoms with E-state index in [-0.39, 0.29) is 6.42 Å².